The fraction of sp³-hybridized carbons (Fsp3) is 0.333. The van der Waals surface area contributed by atoms with Crippen LogP contribution in [-0.2, 0) is 0 Å². The molecule has 0 aliphatic rings. The van der Waals surface area contributed by atoms with Crippen LogP contribution in [0.2, 0.25) is 0 Å². The predicted octanol–water partition coefficient (Wildman–Crippen LogP) is 0.143. The Balaban J connectivity index is 2.56. The first-order valence-electron chi connectivity index (χ1n) is 3.14. The van der Waals surface area contributed by atoms with Gasteiger partial charge in [0.05, 0.1) is 6.61 Å². The lowest BCUT2D eigenvalue weighted by molar-refractivity contribution is 0.322. The van der Waals surface area contributed by atoms with Gasteiger partial charge < -0.3 is 10.8 Å². The van der Waals surface area contributed by atoms with E-state index in [1.165, 1.54) is 18.1 Å². The zero-order valence-corrected chi connectivity index (χ0v) is 6.71. The summed E-state index contributed by atoms with van der Waals surface area (Å²) < 4.78 is 0. The SMILES string of the molecule is Nc1cc(SCCO)ncn1. The van der Waals surface area contributed by atoms with Crippen molar-refractivity contribution in [2.24, 2.45) is 0 Å². The lowest BCUT2D eigenvalue weighted by Gasteiger charge is -1.97. The highest BCUT2D eigenvalue weighted by Crippen LogP contribution is 2.14. The highest BCUT2D eigenvalue weighted by Gasteiger charge is 1.94. The smallest absolute Gasteiger partial charge is 0.127 e. The Hall–Kier alpha value is -0.810. The van der Waals surface area contributed by atoms with Crippen molar-refractivity contribution in [1.29, 1.82) is 0 Å². The van der Waals surface area contributed by atoms with E-state index in [-0.39, 0.29) is 6.61 Å². The van der Waals surface area contributed by atoms with Crippen LogP contribution in [0.15, 0.2) is 17.4 Å². The lowest BCUT2D eigenvalue weighted by atomic mass is 10.6. The molecule has 0 fully saturated rings. The summed E-state index contributed by atoms with van der Waals surface area (Å²) in [5, 5.41) is 9.30. The molecule has 0 bridgehead atoms. The summed E-state index contributed by atoms with van der Waals surface area (Å²) in [6, 6.07) is 1.68. The highest BCUT2D eigenvalue weighted by molar-refractivity contribution is 7.99. The number of hydrogen-bond acceptors (Lipinski definition) is 5. The quantitative estimate of drug-likeness (QED) is 0.500. The first kappa shape index (κ1) is 8.29. The highest BCUT2D eigenvalue weighted by atomic mass is 32.2. The van der Waals surface area contributed by atoms with Crippen LogP contribution in [0.5, 0.6) is 0 Å². The normalized spacial score (nSPS) is 9.91. The fourth-order valence-electron chi connectivity index (χ4n) is 0.583. The second-order valence-electron chi connectivity index (χ2n) is 1.85. The van der Waals surface area contributed by atoms with E-state index in [0.29, 0.717) is 11.6 Å². The van der Waals surface area contributed by atoms with E-state index in [2.05, 4.69) is 9.97 Å². The molecule has 1 rings (SSSR count). The monoisotopic (exact) mass is 171 g/mol. The second kappa shape index (κ2) is 4.15. The number of aliphatic hydroxyl groups is 1. The number of anilines is 1. The van der Waals surface area contributed by atoms with Gasteiger partial charge in [-0.05, 0) is 0 Å². The van der Waals surface area contributed by atoms with E-state index in [0.717, 1.165) is 5.03 Å². The van der Waals surface area contributed by atoms with Gasteiger partial charge in [-0.15, -0.1) is 11.8 Å². The topological polar surface area (TPSA) is 72.0 Å². The summed E-state index contributed by atoms with van der Waals surface area (Å²) in [4.78, 5) is 7.68. The van der Waals surface area contributed by atoms with Crippen LogP contribution in [0.3, 0.4) is 0 Å². The molecule has 0 saturated carbocycles. The molecule has 0 amide bonds. The first-order valence-corrected chi connectivity index (χ1v) is 4.12. The van der Waals surface area contributed by atoms with Crippen LogP contribution in [-0.4, -0.2) is 27.4 Å². The van der Waals surface area contributed by atoms with Crippen LogP contribution < -0.4 is 5.73 Å². The molecule has 0 aliphatic carbocycles. The number of rotatable bonds is 3. The largest absolute Gasteiger partial charge is 0.396 e. The van der Waals surface area contributed by atoms with Gasteiger partial charge in [0.15, 0.2) is 0 Å². The van der Waals surface area contributed by atoms with Crippen LogP contribution in [0, 0.1) is 0 Å². The Morgan fingerprint density at radius 3 is 3.00 bits per heavy atom. The van der Waals surface area contributed by atoms with E-state index in [1.54, 1.807) is 6.07 Å². The third-order valence-corrected chi connectivity index (χ3v) is 1.91. The van der Waals surface area contributed by atoms with Gasteiger partial charge in [0.25, 0.3) is 0 Å². The second-order valence-corrected chi connectivity index (χ2v) is 2.97. The number of nitrogens with two attached hydrogens (primary N) is 1. The molecule has 1 aromatic rings. The van der Waals surface area contributed by atoms with Crippen molar-refractivity contribution in [2.75, 3.05) is 18.1 Å². The summed E-state index contributed by atoms with van der Waals surface area (Å²) >= 11 is 1.45. The number of hydrogen-bond donors (Lipinski definition) is 2. The molecule has 5 heteroatoms. The van der Waals surface area contributed by atoms with Gasteiger partial charge in [0.2, 0.25) is 0 Å². The van der Waals surface area contributed by atoms with E-state index in [4.69, 9.17) is 10.8 Å². The molecule has 0 spiro atoms. The Morgan fingerprint density at radius 2 is 2.36 bits per heavy atom. The van der Waals surface area contributed by atoms with Crippen molar-refractivity contribution in [3.8, 4) is 0 Å². The van der Waals surface area contributed by atoms with Crippen molar-refractivity contribution < 1.29 is 5.11 Å². The number of aromatic nitrogens is 2. The number of aliphatic hydroxyl groups excluding tert-OH is 1. The minimum atomic E-state index is 0.147. The van der Waals surface area contributed by atoms with Crippen molar-refractivity contribution >= 4 is 17.6 Å². The molecular formula is C6H9N3OS. The molecule has 4 nitrogen and oxygen atoms in total. The summed E-state index contributed by atoms with van der Waals surface area (Å²) in [6.45, 7) is 0.147. The summed E-state index contributed by atoms with van der Waals surface area (Å²) in [7, 11) is 0. The van der Waals surface area contributed by atoms with Gasteiger partial charge in [-0.3, -0.25) is 0 Å². The number of nitrogen functional groups attached to an aromatic ring is 1. The lowest BCUT2D eigenvalue weighted by Crippen LogP contribution is -1.93. The molecule has 0 radical (unpaired) electrons. The third-order valence-electron chi connectivity index (χ3n) is 1.00. The van der Waals surface area contributed by atoms with E-state index < -0.39 is 0 Å². The summed E-state index contributed by atoms with van der Waals surface area (Å²) in [5.41, 5.74) is 5.40. The molecule has 1 aromatic heterocycles. The molecule has 1 heterocycles. The first-order chi connectivity index (χ1) is 5.33. The fourth-order valence-corrected chi connectivity index (χ4v) is 1.21. The van der Waals surface area contributed by atoms with Gasteiger partial charge in [0.1, 0.15) is 17.2 Å². The van der Waals surface area contributed by atoms with Gasteiger partial charge in [-0.1, -0.05) is 0 Å². The van der Waals surface area contributed by atoms with Crippen molar-refractivity contribution in [3.05, 3.63) is 12.4 Å². The van der Waals surface area contributed by atoms with Crippen LogP contribution >= 0.6 is 11.8 Å². The maximum Gasteiger partial charge on any atom is 0.127 e. The van der Waals surface area contributed by atoms with E-state index >= 15 is 0 Å². The Bertz CT molecular complexity index is 231. The molecule has 0 aliphatic heterocycles. The van der Waals surface area contributed by atoms with Crippen molar-refractivity contribution in [1.82, 2.24) is 9.97 Å². The minimum Gasteiger partial charge on any atom is -0.396 e. The maximum absolute atomic E-state index is 8.50. The molecule has 60 valence electrons. The third kappa shape index (κ3) is 2.73. The molecule has 0 atom stereocenters. The average molecular weight is 171 g/mol. The standard InChI is InChI=1S/C6H9N3OS/c7-5-3-6(9-4-8-5)11-2-1-10/h3-4,10H,1-2H2,(H2,7,8,9). The zero-order valence-electron chi connectivity index (χ0n) is 5.90. The van der Waals surface area contributed by atoms with E-state index in [1.807, 2.05) is 0 Å². The van der Waals surface area contributed by atoms with Crippen molar-refractivity contribution in [2.45, 2.75) is 5.03 Å². The molecule has 0 unspecified atom stereocenters. The molecule has 0 saturated heterocycles. The molecule has 3 N–H and O–H groups in total. The van der Waals surface area contributed by atoms with Gasteiger partial charge in [-0.25, -0.2) is 9.97 Å². The summed E-state index contributed by atoms with van der Waals surface area (Å²) in [5.74, 6) is 1.09. The van der Waals surface area contributed by atoms with Crippen LogP contribution in [0.1, 0.15) is 0 Å². The zero-order chi connectivity index (χ0) is 8.10. The average Bonchev–Trinajstić information content (AvgIpc) is 2.01. The van der Waals surface area contributed by atoms with Gasteiger partial charge in [0, 0.05) is 11.8 Å². The van der Waals surface area contributed by atoms with Gasteiger partial charge in [-0.2, -0.15) is 0 Å². The Labute approximate surface area is 68.9 Å². The van der Waals surface area contributed by atoms with Crippen LogP contribution in [0.4, 0.5) is 5.82 Å². The molecular weight excluding hydrogens is 162 g/mol. The summed E-state index contributed by atoms with van der Waals surface area (Å²) in [6.07, 6.45) is 1.41. The Morgan fingerprint density at radius 1 is 1.55 bits per heavy atom. The maximum atomic E-state index is 8.50. The number of nitrogens with zero attached hydrogens (tertiary/aromatic N) is 2. The predicted molar refractivity (Wildman–Crippen MR) is 44.3 cm³/mol. The minimum absolute atomic E-state index is 0.147. The van der Waals surface area contributed by atoms with E-state index in [9.17, 15) is 0 Å². The van der Waals surface area contributed by atoms with Crippen molar-refractivity contribution in [3.63, 3.8) is 0 Å². The Kier molecular flexibility index (Phi) is 3.13. The molecule has 0 aromatic carbocycles. The van der Waals surface area contributed by atoms with Crippen LogP contribution in [0.25, 0.3) is 0 Å². The number of thioether (sulfide) groups is 1. The van der Waals surface area contributed by atoms with Gasteiger partial charge >= 0.3 is 0 Å². The molecule has 11 heavy (non-hydrogen) atoms.